The summed E-state index contributed by atoms with van der Waals surface area (Å²) in [5.74, 6) is 0.915. The highest BCUT2D eigenvalue weighted by Gasteiger charge is 2.26. The lowest BCUT2D eigenvalue weighted by molar-refractivity contribution is 0.191. The van der Waals surface area contributed by atoms with Crippen molar-refractivity contribution in [1.29, 1.82) is 0 Å². The summed E-state index contributed by atoms with van der Waals surface area (Å²) < 4.78 is 5.42. The van der Waals surface area contributed by atoms with Crippen molar-refractivity contribution in [2.24, 2.45) is 0 Å². The third-order valence-corrected chi connectivity index (χ3v) is 5.18. The van der Waals surface area contributed by atoms with E-state index in [1.165, 1.54) is 25.7 Å². The Morgan fingerprint density at radius 3 is 2.79 bits per heavy atom. The van der Waals surface area contributed by atoms with Crippen molar-refractivity contribution < 1.29 is 4.74 Å². The van der Waals surface area contributed by atoms with Gasteiger partial charge in [0.25, 0.3) is 0 Å². The second-order valence-corrected chi connectivity index (χ2v) is 6.85. The van der Waals surface area contributed by atoms with Gasteiger partial charge in [-0.15, -0.1) is 0 Å². The molecule has 0 saturated heterocycles. The predicted molar refractivity (Wildman–Crippen MR) is 84.4 cm³/mol. The first kappa shape index (κ1) is 15.1. The highest BCUT2D eigenvalue weighted by molar-refractivity contribution is 9.09. The first-order valence-corrected chi connectivity index (χ1v) is 8.08. The molecule has 2 unspecified atom stereocenters. The Morgan fingerprint density at radius 2 is 2.11 bits per heavy atom. The van der Waals surface area contributed by atoms with Crippen molar-refractivity contribution in [2.75, 3.05) is 14.2 Å². The van der Waals surface area contributed by atoms with E-state index in [9.17, 15) is 0 Å². The summed E-state index contributed by atoms with van der Waals surface area (Å²) in [6.45, 7) is 0.872. The van der Waals surface area contributed by atoms with Crippen LogP contribution in [0.25, 0.3) is 0 Å². The smallest absolute Gasteiger partial charge is 0.123 e. The zero-order valence-corrected chi connectivity index (χ0v) is 13.9. The Labute approximate surface area is 129 Å². The van der Waals surface area contributed by atoms with Gasteiger partial charge in [-0.25, -0.2) is 0 Å². The summed E-state index contributed by atoms with van der Waals surface area (Å²) in [5, 5.41) is 0.767. The fraction of sp³-hybridized carbons (Fsp3) is 0.600. The van der Waals surface area contributed by atoms with E-state index in [0.29, 0.717) is 10.9 Å². The summed E-state index contributed by atoms with van der Waals surface area (Å²) in [6, 6.07) is 6.41. The Morgan fingerprint density at radius 1 is 1.37 bits per heavy atom. The van der Waals surface area contributed by atoms with Crippen molar-refractivity contribution in [2.45, 2.75) is 43.1 Å². The fourth-order valence-electron chi connectivity index (χ4n) is 2.82. The Bertz CT molecular complexity index is 427. The van der Waals surface area contributed by atoms with E-state index < -0.39 is 0 Å². The molecule has 0 aliphatic heterocycles. The summed E-state index contributed by atoms with van der Waals surface area (Å²) >= 11 is 9.91. The molecule has 0 radical (unpaired) electrons. The molecule has 106 valence electrons. The Hall–Kier alpha value is -0.250. The SMILES string of the molecule is COc1ccc(Cl)cc1CN(C)C1CCCCC1Br. The molecule has 0 amide bonds. The minimum absolute atomic E-state index is 0.594. The van der Waals surface area contributed by atoms with Gasteiger partial charge >= 0.3 is 0 Å². The minimum Gasteiger partial charge on any atom is -0.496 e. The van der Waals surface area contributed by atoms with Gasteiger partial charge in [0, 0.05) is 28.0 Å². The van der Waals surface area contributed by atoms with E-state index in [1.807, 2.05) is 18.2 Å². The van der Waals surface area contributed by atoms with Crippen LogP contribution < -0.4 is 4.74 Å². The standard InChI is InChI=1S/C15H21BrClNO/c1-18(14-6-4-3-5-13(14)16)10-11-9-12(17)7-8-15(11)19-2/h7-9,13-14H,3-6,10H2,1-2H3. The molecule has 1 aliphatic carbocycles. The average molecular weight is 347 g/mol. The largest absolute Gasteiger partial charge is 0.496 e. The second-order valence-electron chi connectivity index (χ2n) is 5.24. The van der Waals surface area contributed by atoms with Gasteiger partial charge in [0.1, 0.15) is 5.75 Å². The van der Waals surface area contributed by atoms with Crippen molar-refractivity contribution in [3.05, 3.63) is 28.8 Å². The molecular weight excluding hydrogens is 326 g/mol. The van der Waals surface area contributed by atoms with Gasteiger partial charge < -0.3 is 4.74 Å². The topological polar surface area (TPSA) is 12.5 Å². The molecule has 2 rings (SSSR count). The number of hydrogen-bond acceptors (Lipinski definition) is 2. The Kier molecular flexibility index (Phi) is 5.55. The van der Waals surface area contributed by atoms with Crippen molar-refractivity contribution >= 4 is 27.5 Å². The van der Waals surface area contributed by atoms with E-state index >= 15 is 0 Å². The highest BCUT2D eigenvalue weighted by Crippen LogP contribution is 2.30. The van der Waals surface area contributed by atoms with Crippen LogP contribution in [-0.2, 0) is 6.54 Å². The van der Waals surface area contributed by atoms with Crippen LogP contribution in [0.2, 0.25) is 5.02 Å². The van der Waals surface area contributed by atoms with Crippen molar-refractivity contribution in [3.8, 4) is 5.75 Å². The maximum atomic E-state index is 6.09. The molecule has 0 heterocycles. The van der Waals surface area contributed by atoms with Gasteiger partial charge in [-0.2, -0.15) is 0 Å². The van der Waals surface area contributed by atoms with Crippen LogP contribution in [0.4, 0.5) is 0 Å². The molecule has 1 saturated carbocycles. The summed E-state index contributed by atoms with van der Waals surface area (Å²) in [6.07, 6.45) is 5.18. The molecule has 2 atom stereocenters. The van der Waals surface area contributed by atoms with Crippen LogP contribution in [0.1, 0.15) is 31.2 Å². The molecule has 19 heavy (non-hydrogen) atoms. The maximum absolute atomic E-state index is 6.09. The Balaban J connectivity index is 2.09. The number of rotatable bonds is 4. The van der Waals surface area contributed by atoms with Crippen LogP contribution in [0.5, 0.6) is 5.75 Å². The predicted octanol–water partition coefficient (Wildman–Crippen LogP) is 4.49. The highest BCUT2D eigenvalue weighted by atomic mass is 79.9. The van der Waals surface area contributed by atoms with Gasteiger partial charge in [-0.1, -0.05) is 40.4 Å². The van der Waals surface area contributed by atoms with Crippen molar-refractivity contribution in [1.82, 2.24) is 4.90 Å². The van der Waals surface area contributed by atoms with E-state index in [4.69, 9.17) is 16.3 Å². The average Bonchev–Trinajstić information content (AvgIpc) is 2.39. The number of hydrogen-bond donors (Lipinski definition) is 0. The van der Waals surface area contributed by atoms with Crippen LogP contribution in [0.3, 0.4) is 0 Å². The number of ether oxygens (including phenoxy) is 1. The molecule has 2 nitrogen and oxygen atoms in total. The lowest BCUT2D eigenvalue weighted by atomic mass is 9.94. The number of alkyl halides is 1. The van der Waals surface area contributed by atoms with Gasteiger partial charge in [0.05, 0.1) is 7.11 Å². The fourth-order valence-corrected chi connectivity index (χ4v) is 4.01. The van der Waals surface area contributed by atoms with Gasteiger partial charge in [0.15, 0.2) is 0 Å². The third-order valence-electron chi connectivity index (χ3n) is 3.88. The zero-order valence-electron chi connectivity index (χ0n) is 11.5. The maximum Gasteiger partial charge on any atom is 0.123 e. The quantitative estimate of drug-likeness (QED) is 0.745. The molecule has 0 bridgehead atoms. The van der Waals surface area contributed by atoms with Gasteiger partial charge in [-0.3, -0.25) is 4.90 Å². The van der Waals surface area contributed by atoms with Crippen LogP contribution in [-0.4, -0.2) is 29.9 Å². The van der Waals surface area contributed by atoms with E-state index in [-0.39, 0.29) is 0 Å². The molecule has 0 aromatic heterocycles. The molecule has 4 heteroatoms. The summed E-state index contributed by atoms with van der Waals surface area (Å²) in [4.78, 5) is 3.00. The number of nitrogens with zero attached hydrogens (tertiary/aromatic N) is 1. The van der Waals surface area contributed by atoms with Crippen LogP contribution >= 0.6 is 27.5 Å². The van der Waals surface area contributed by atoms with E-state index in [0.717, 1.165) is 22.9 Å². The number of methoxy groups -OCH3 is 1. The molecule has 1 aliphatic rings. The molecule has 1 aromatic rings. The van der Waals surface area contributed by atoms with E-state index in [2.05, 4.69) is 27.9 Å². The lowest BCUT2D eigenvalue weighted by Crippen LogP contribution is -2.40. The van der Waals surface area contributed by atoms with Crippen LogP contribution in [0, 0.1) is 0 Å². The van der Waals surface area contributed by atoms with Gasteiger partial charge in [0.2, 0.25) is 0 Å². The van der Waals surface area contributed by atoms with Crippen LogP contribution in [0.15, 0.2) is 18.2 Å². The third kappa shape index (κ3) is 3.87. The second kappa shape index (κ2) is 6.96. The molecule has 0 spiro atoms. The number of benzene rings is 1. The molecule has 0 N–H and O–H groups in total. The van der Waals surface area contributed by atoms with Crippen molar-refractivity contribution in [3.63, 3.8) is 0 Å². The van der Waals surface area contributed by atoms with Gasteiger partial charge in [-0.05, 0) is 38.1 Å². The first-order chi connectivity index (χ1) is 9.11. The molecular formula is C15H21BrClNO. The zero-order chi connectivity index (χ0) is 13.8. The lowest BCUT2D eigenvalue weighted by Gasteiger charge is -2.35. The minimum atomic E-state index is 0.594. The van der Waals surface area contributed by atoms with E-state index in [1.54, 1.807) is 7.11 Å². The summed E-state index contributed by atoms with van der Waals surface area (Å²) in [7, 11) is 3.89. The monoisotopic (exact) mass is 345 g/mol. The molecule has 1 fully saturated rings. The normalized spacial score (nSPS) is 23.6. The first-order valence-electron chi connectivity index (χ1n) is 6.78. The molecule has 1 aromatic carbocycles. The number of halogens is 2. The summed E-state index contributed by atoms with van der Waals surface area (Å²) in [5.41, 5.74) is 1.16.